The van der Waals surface area contributed by atoms with E-state index in [-0.39, 0.29) is 12.3 Å². The summed E-state index contributed by atoms with van der Waals surface area (Å²) < 4.78 is 5.24. The van der Waals surface area contributed by atoms with Gasteiger partial charge in [-0.15, -0.1) is 11.3 Å². The van der Waals surface area contributed by atoms with Gasteiger partial charge in [0.15, 0.2) is 6.10 Å². The van der Waals surface area contributed by atoms with E-state index in [1.165, 1.54) is 11.3 Å². The van der Waals surface area contributed by atoms with Crippen molar-refractivity contribution in [1.82, 2.24) is 4.98 Å². The Morgan fingerprint density at radius 1 is 1.23 bits per heavy atom. The van der Waals surface area contributed by atoms with Gasteiger partial charge in [0.2, 0.25) is 0 Å². The van der Waals surface area contributed by atoms with Gasteiger partial charge in [0, 0.05) is 22.0 Å². The van der Waals surface area contributed by atoms with Gasteiger partial charge in [-0.2, -0.15) is 11.3 Å². The molecule has 0 spiro atoms. The highest BCUT2D eigenvalue weighted by Crippen LogP contribution is 2.26. The normalized spacial score (nSPS) is 11.8. The first-order chi connectivity index (χ1) is 12.5. The molecule has 3 aromatic rings. The lowest BCUT2D eigenvalue weighted by Gasteiger charge is -2.14. The second-order valence-corrected chi connectivity index (χ2v) is 7.41. The molecule has 0 aliphatic rings. The topological polar surface area (TPSA) is 68.3 Å². The fraction of sp³-hybridized carbons (Fsp3) is 0.211. The first kappa shape index (κ1) is 18.3. The summed E-state index contributed by atoms with van der Waals surface area (Å²) >= 11 is 3.09. The Morgan fingerprint density at radius 2 is 2.04 bits per heavy atom. The van der Waals surface area contributed by atoms with E-state index in [0.29, 0.717) is 11.4 Å². The first-order valence-electron chi connectivity index (χ1n) is 8.06. The minimum absolute atomic E-state index is 0.0443. The molecule has 1 amide bonds. The molecule has 0 radical (unpaired) electrons. The highest BCUT2D eigenvalue weighted by atomic mass is 32.1. The number of anilines is 1. The second-order valence-electron chi connectivity index (χ2n) is 5.77. The third-order valence-electron chi connectivity index (χ3n) is 3.73. The van der Waals surface area contributed by atoms with Crippen LogP contribution in [0.25, 0.3) is 10.6 Å². The Kier molecular flexibility index (Phi) is 5.80. The molecule has 5 nitrogen and oxygen atoms in total. The molecule has 0 bridgehead atoms. The predicted octanol–water partition coefficient (Wildman–Crippen LogP) is 4.29. The van der Waals surface area contributed by atoms with Crippen molar-refractivity contribution in [2.45, 2.75) is 26.4 Å². The van der Waals surface area contributed by atoms with Gasteiger partial charge < -0.3 is 10.1 Å². The van der Waals surface area contributed by atoms with Gasteiger partial charge in [0.25, 0.3) is 5.91 Å². The van der Waals surface area contributed by atoms with E-state index in [2.05, 4.69) is 10.3 Å². The first-order valence-corrected chi connectivity index (χ1v) is 9.88. The standard InChI is InChI=1S/C19H18N2O3S2/c1-12-5-3-4-6-16(12)21-18(23)13(2)24-17(22)9-15-11-26-19(20-15)14-7-8-25-10-14/h3-8,10-11,13H,9H2,1-2H3,(H,21,23). The van der Waals surface area contributed by atoms with Gasteiger partial charge in [0.05, 0.1) is 12.1 Å². The van der Waals surface area contributed by atoms with E-state index < -0.39 is 12.1 Å². The number of nitrogens with one attached hydrogen (secondary N) is 1. The lowest BCUT2D eigenvalue weighted by Crippen LogP contribution is -2.30. The number of rotatable bonds is 6. The molecule has 0 aliphatic heterocycles. The van der Waals surface area contributed by atoms with Crippen molar-refractivity contribution in [2.75, 3.05) is 5.32 Å². The van der Waals surface area contributed by atoms with Crippen molar-refractivity contribution >= 4 is 40.2 Å². The number of para-hydroxylation sites is 1. The average Bonchev–Trinajstić information content (AvgIpc) is 3.28. The Hall–Kier alpha value is -2.51. The largest absolute Gasteiger partial charge is 0.452 e. The molecule has 2 heterocycles. The van der Waals surface area contributed by atoms with Crippen molar-refractivity contribution in [1.29, 1.82) is 0 Å². The summed E-state index contributed by atoms with van der Waals surface area (Å²) in [6, 6.07) is 9.44. The molecule has 1 unspecified atom stereocenters. The number of hydrogen-bond acceptors (Lipinski definition) is 6. The summed E-state index contributed by atoms with van der Waals surface area (Å²) in [5.74, 6) is -0.829. The minimum Gasteiger partial charge on any atom is -0.452 e. The van der Waals surface area contributed by atoms with Gasteiger partial charge in [-0.25, -0.2) is 4.98 Å². The predicted molar refractivity (Wildman–Crippen MR) is 104 cm³/mol. The number of carbonyl (C=O) groups is 2. The smallest absolute Gasteiger partial charge is 0.312 e. The fourth-order valence-corrected chi connectivity index (χ4v) is 3.83. The lowest BCUT2D eigenvalue weighted by atomic mass is 10.2. The van der Waals surface area contributed by atoms with Gasteiger partial charge >= 0.3 is 5.97 Å². The number of hydrogen-bond donors (Lipinski definition) is 1. The molecule has 0 fully saturated rings. The van der Waals surface area contributed by atoms with Crippen molar-refractivity contribution < 1.29 is 14.3 Å². The molecule has 0 saturated heterocycles. The van der Waals surface area contributed by atoms with Crippen LogP contribution in [0.15, 0.2) is 46.5 Å². The van der Waals surface area contributed by atoms with Crippen molar-refractivity contribution in [3.8, 4) is 10.6 Å². The molecule has 0 saturated carbocycles. The number of benzene rings is 1. The molecule has 3 rings (SSSR count). The van der Waals surface area contributed by atoms with Crippen molar-refractivity contribution in [3.63, 3.8) is 0 Å². The van der Waals surface area contributed by atoms with Crippen LogP contribution in [-0.2, 0) is 20.7 Å². The van der Waals surface area contributed by atoms with Crippen LogP contribution in [0.5, 0.6) is 0 Å². The zero-order valence-corrected chi connectivity index (χ0v) is 16.0. The zero-order chi connectivity index (χ0) is 18.5. The van der Waals surface area contributed by atoms with Gasteiger partial charge in [0.1, 0.15) is 5.01 Å². The van der Waals surface area contributed by atoms with Gasteiger partial charge in [-0.05, 0) is 36.9 Å². The van der Waals surface area contributed by atoms with Crippen LogP contribution in [0.3, 0.4) is 0 Å². The molecule has 1 N–H and O–H groups in total. The van der Waals surface area contributed by atoms with E-state index in [1.807, 2.05) is 53.4 Å². The number of aromatic nitrogens is 1. The Bertz CT molecular complexity index is 903. The molecule has 2 aromatic heterocycles. The number of thiophene rings is 1. The Labute approximate surface area is 159 Å². The number of ether oxygens (including phenoxy) is 1. The maximum absolute atomic E-state index is 12.2. The second kappa shape index (κ2) is 8.25. The third-order valence-corrected chi connectivity index (χ3v) is 5.35. The monoisotopic (exact) mass is 386 g/mol. The molecule has 7 heteroatoms. The minimum atomic E-state index is -0.878. The average molecular weight is 386 g/mol. The fourth-order valence-electron chi connectivity index (χ4n) is 2.29. The number of esters is 1. The summed E-state index contributed by atoms with van der Waals surface area (Å²) in [6.45, 7) is 3.46. The zero-order valence-electron chi connectivity index (χ0n) is 14.4. The van der Waals surface area contributed by atoms with Crippen LogP contribution in [0, 0.1) is 6.92 Å². The number of nitrogens with zero attached hydrogens (tertiary/aromatic N) is 1. The van der Waals surface area contributed by atoms with E-state index >= 15 is 0 Å². The van der Waals surface area contributed by atoms with Crippen molar-refractivity contribution in [2.24, 2.45) is 0 Å². The number of amides is 1. The third kappa shape index (κ3) is 4.56. The van der Waals surface area contributed by atoms with Gasteiger partial charge in [-0.1, -0.05) is 18.2 Å². The molecular formula is C19H18N2O3S2. The van der Waals surface area contributed by atoms with E-state index in [9.17, 15) is 9.59 Å². The van der Waals surface area contributed by atoms with Crippen LogP contribution < -0.4 is 5.32 Å². The summed E-state index contributed by atoms with van der Waals surface area (Å²) in [4.78, 5) is 28.8. The molecule has 26 heavy (non-hydrogen) atoms. The van der Waals surface area contributed by atoms with Gasteiger partial charge in [-0.3, -0.25) is 9.59 Å². The van der Waals surface area contributed by atoms with Crippen LogP contribution in [-0.4, -0.2) is 23.0 Å². The maximum Gasteiger partial charge on any atom is 0.312 e. The highest BCUT2D eigenvalue weighted by molar-refractivity contribution is 7.14. The number of carbonyl (C=O) groups excluding carboxylic acids is 2. The number of thiazole rings is 1. The molecule has 1 atom stereocenters. The van der Waals surface area contributed by atoms with E-state index in [0.717, 1.165) is 16.1 Å². The van der Waals surface area contributed by atoms with E-state index in [4.69, 9.17) is 4.74 Å². The van der Waals surface area contributed by atoms with Crippen LogP contribution in [0.4, 0.5) is 5.69 Å². The van der Waals surface area contributed by atoms with Crippen molar-refractivity contribution in [3.05, 3.63) is 57.7 Å². The molecule has 1 aromatic carbocycles. The van der Waals surface area contributed by atoms with Crippen LogP contribution >= 0.6 is 22.7 Å². The summed E-state index contributed by atoms with van der Waals surface area (Å²) in [5.41, 5.74) is 3.35. The maximum atomic E-state index is 12.2. The Morgan fingerprint density at radius 3 is 2.77 bits per heavy atom. The van der Waals surface area contributed by atoms with E-state index in [1.54, 1.807) is 18.3 Å². The summed E-state index contributed by atoms with van der Waals surface area (Å²) in [5, 5.41) is 9.49. The Balaban J connectivity index is 1.54. The molecule has 0 aliphatic carbocycles. The molecule has 134 valence electrons. The summed E-state index contributed by atoms with van der Waals surface area (Å²) in [7, 11) is 0. The molecular weight excluding hydrogens is 368 g/mol. The SMILES string of the molecule is Cc1ccccc1NC(=O)C(C)OC(=O)Cc1csc(-c2ccsc2)n1. The number of aryl methyl sites for hydroxylation is 1. The van der Waals surface area contributed by atoms with Crippen LogP contribution in [0.1, 0.15) is 18.2 Å². The summed E-state index contributed by atoms with van der Waals surface area (Å²) in [6.07, 6.45) is -0.833. The lowest BCUT2D eigenvalue weighted by molar-refractivity contribution is -0.152. The quantitative estimate of drug-likeness (QED) is 0.642. The highest BCUT2D eigenvalue weighted by Gasteiger charge is 2.19. The van der Waals surface area contributed by atoms with Crippen LogP contribution in [0.2, 0.25) is 0 Å².